The van der Waals surface area contributed by atoms with Gasteiger partial charge in [-0.1, -0.05) is 30.3 Å². The highest BCUT2D eigenvalue weighted by Crippen LogP contribution is 2.33. The predicted octanol–water partition coefficient (Wildman–Crippen LogP) is 6.18. The molecule has 0 bridgehead atoms. The lowest BCUT2D eigenvalue weighted by Gasteiger charge is -2.07. The third-order valence-corrected chi connectivity index (χ3v) is 8.00. The molecular weight excluding hydrogens is 532 g/mol. The molecule has 0 amide bonds. The van der Waals surface area contributed by atoms with E-state index in [1.807, 2.05) is 60.9 Å². The maximum absolute atomic E-state index is 11.8. The van der Waals surface area contributed by atoms with E-state index in [2.05, 4.69) is 48.7 Å². The van der Waals surface area contributed by atoms with Crippen molar-refractivity contribution in [2.24, 2.45) is 0 Å². The minimum Gasteiger partial charge on any atom is -0.336 e. The van der Waals surface area contributed by atoms with E-state index >= 15 is 0 Å². The summed E-state index contributed by atoms with van der Waals surface area (Å²) in [5.41, 5.74) is 8.43. The molecule has 9 nitrogen and oxygen atoms in total. The number of carbonyl (C=O) groups is 1. The second-order valence-corrected chi connectivity index (χ2v) is 10.8. The van der Waals surface area contributed by atoms with Crippen LogP contribution in [0.3, 0.4) is 0 Å². The van der Waals surface area contributed by atoms with Gasteiger partial charge in [-0.25, -0.2) is 9.97 Å². The van der Waals surface area contributed by atoms with Crippen LogP contribution in [0.5, 0.6) is 0 Å². The molecule has 7 aromatic rings. The van der Waals surface area contributed by atoms with Gasteiger partial charge in [-0.15, -0.1) is 11.3 Å². The Kier molecular flexibility index (Phi) is 6.38. The largest absolute Gasteiger partial charge is 0.336 e. The maximum Gasteiger partial charge on any atom is 0.169 e. The van der Waals surface area contributed by atoms with Crippen LogP contribution >= 0.6 is 11.3 Å². The molecule has 0 radical (unpaired) electrons. The number of benzene rings is 1. The van der Waals surface area contributed by atoms with Gasteiger partial charge in [0.25, 0.3) is 0 Å². The van der Waals surface area contributed by atoms with Crippen LogP contribution in [0.4, 0.5) is 0 Å². The topological polar surface area (TPSA) is 125 Å². The second kappa shape index (κ2) is 10.5. The van der Waals surface area contributed by atoms with Crippen LogP contribution in [0.2, 0.25) is 0 Å². The third-order valence-electron chi connectivity index (χ3n) is 6.81. The number of nitrogens with zero attached hydrogens (tertiary/aromatic N) is 5. The first-order valence-corrected chi connectivity index (χ1v) is 13.9. The van der Waals surface area contributed by atoms with Crippen molar-refractivity contribution < 1.29 is 4.79 Å². The van der Waals surface area contributed by atoms with E-state index in [0.717, 1.165) is 45.0 Å². The van der Waals surface area contributed by atoms with Gasteiger partial charge in [0.15, 0.2) is 17.3 Å². The van der Waals surface area contributed by atoms with E-state index in [9.17, 15) is 4.79 Å². The summed E-state index contributed by atoms with van der Waals surface area (Å²) in [6.45, 7) is 3.05. The lowest BCUT2D eigenvalue weighted by Crippen LogP contribution is -2.12. The van der Waals surface area contributed by atoms with Gasteiger partial charge in [-0.05, 0) is 54.4 Å². The van der Waals surface area contributed by atoms with Crippen LogP contribution in [0.1, 0.15) is 27.7 Å². The fourth-order valence-corrected chi connectivity index (χ4v) is 5.68. The lowest BCUT2D eigenvalue weighted by atomic mass is 10.1. The van der Waals surface area contributed by atoms with Gasteiger partial charge in [0.1, 0.15) is 16.7 Å². The van der Waals surface area contributed by atoms with Crippen molar-refractivity contribution in [1.29, 1.82) is 0 Å². The van der Waals surface area contributed by atoms with Gasteiger partial charge in [-0.2, -0.15) is 5.10 Å². The Labute approximate surface area is 238 Å². The molecule has 0 aliphatic heterocycles. The summed E-state index contributed by atoms with van der Waals surface area (Å²) in [5, 5.41) is 11.1. The Morgan fingerprint density at radius 1 is 0.878 bits per heavy atom. The van der Waals surface area contributed by atoms with Gasteiger partial charge in [0.05, 0.1) is 26.5 Å². The summed E-state index contributed by atoms with van der Waals surface area (Å²) < 4.78 is 0. The van der Waals surface area contributed by atoms with Crippen molar-refractivity contribution in [2.45, 2.75) is 20.0 Å². The summed E-state index contributed by atoms with van der Waals surface area (Å²) in [7, 11) is 0. The molecule has 3 N–H and O–H groups in total. The smallest absolute Gasteiger partial charge is 0.169 e. The number of aromatic nitrogens is 7. The van der Waals surface area contributed by atoms with Crippen LogP contribution < -0.4 is 5.32 Å². The molecule has 0 saturated carbocycles. The van der Waals surface area contributed by atoms with E-state index in [0.29, 0.717) is 34.0 Å². The highest BCUT2D eigenvalue weighted by molar-refractivity contribution is 7.17. The minimum absolute atomic E-state index is 0.0326. The normalized spacial score (nSPS) is 11.4. The van der Waals surface area contributed by atoms with Crippen LogP contribution in [0.25, 0.3) is 55.4 Å². The molecule has 0 aliphatic rings. The zero-order chi connectivity index (χ0) is 27.8. The maximum atomic E-state index is 11.8. The van der Waals surface area contributed by atoms with Crippen molar-refractivity contribution in [3.8, 4) is 33.3 Å². The SMILES string of the molecule is CC(=O)c1ccc(-c2nccc3[nH]c(-c4n[nH]c5ccc(-c6cncc(CNCc7ccccc7)c6)nc45)nc23)s1. The summed E-state index contributed by atoms with van der Waals surface area (Å²) in [6.07, 6.45) is 5.43. The van der Waals surface area contributed by atoms with Gasteiger partial charge in [0.2, 0.25) is 0 Å². The van der Waals surface area contributed by atoms with Crippen LogP contribution in [-0.2, 0) is 13.1 Å². The standard InChI is InChI=1S/C31H24N8OS/c1-18(40)25-9-10-26(41-25)29-27-23(11-12-34-29)36-31(37-27)30-28-24(38-39-30)8-7-22(35-28)21-13-20(16-33-17-21)15-32-14-19-5-3-2-4-6-19/h2-13,16-17,32H,14-15H2,1H3,(H,36,37)(H,38,39). The molecule has 41 heavy (non-hydrogen) atoms. The molecule has 0 spiro atoms. The molecular formula is C31H24N8OS. The molecule has 0 fully saturated rings. The Morgan fingerprint density at radius 3 is 2.59 bits per heavy atom. The van der Waals surface area contributed by atoms with E-state index in [4.69, 9.17) is 9.97 Å². The van der Waals surface area contributed by atoms with E-state index in [1.165, 1.54) is 16.9 Å². The quantitative estimate of drug-likeness (QED) is 0.191. The molecule has 0 saturated heterocycles. The molecule has 200 valence electrons. The zero-order valence-electron chi connectivity index (χ0n) is 22.0. The van der Waals surface area contributed by atoms with Gasteiger partial charge < -0.3 is 10.3 Å². The number of nitrogens with one attached hydrogen (secondary N) is 3. The first kappa shape index (κ1) is 24.9. The number of Topliss-reactive ketones (excluding diaryl/α,β-unsaturated/α-hetero) is 1. The van der Waals surface area contributed by atoms with Crippen molar-refractivity contribution in [3.05, 3.63) is 101 Å². The number of fused-ring (bicyclic) bond motifs is 2. The number of pyridine rings is 3. The van der Waals surface area contributed by atoms with Gasteiger partial charge in [0, 0.05) is 37.2 Å². The average molecular weight is 557 g/mol. The number of thiophene rings is 1. The van der Waals surface area contributed by atoms with E-state index < -0.39 is 0 Å². The highest BCUT2D eigenvalue weighted by Gasteiger charge is 2.18. The predicted molar refractivity (Wildman–Crippen MR) is 160 cm³/mol. The van der Waals surface area contributed by atoms with Crippen molar-refractivity contribution in [3.63, 3.8) is 0 Å². The van der Waals surface area contributed by atoms with Crippen molar-refractivity contribution >= 4 is 39.2 Å². The first-order chi connectivity index (χ1) is 20.1. The zero-order valence-corrected chi connectivity index (χ0v) is 22.9. The van der Waals surface area contributed by atoms with E-state index in [-0.39, 0.29) is 5.78 Å². The molecule has 0 atom stereocenters. The number of aromatic amines is 2. The number of carbonyl (C=O) groups excluding carboxylic acids is 1. The van der Waals surface area contributed by atoms with Crippen molar-refractivity contribution in [2.75, 3.05) is 0 Å². The van der Waals surface area contributed by atoms with E-state index in [1.54, 1.807) is 13.1 Å². The number of rotatable bonds is 8. The molecule has 6 heterocycles. The Morgan fingerprint density at radius 2 is 1.73 bits per heavy atom. The lowest BCUT2D eigenvalue weighted by molar-refractivity contribution is 0.102. The first-order valence-electron chi connectivity index (χ1n) is 13.1. The number of ketones is 1. The van der Waals surface area contributed by atoms with Crippen LogP contribution in [0.15, 0.2) is 85.3 Å². The Bertz CT molecular complexity index is 2020. The molecule has 1 aromatic carbocycles. The summed E-state index contributed by atoms with van der Waals surface area (Å²) in [4.78, 5) is 35.6. The molecule has 7 rings (SSSR count). The molecule has 0 unspecified atom stereocenters. The van der Waals surface area contributed by atoms with Crippen molar-refractivity contribution in [1.82, 2.24) is 40.4 Å². The number of H-pyrrole nitrogens is 2. The molecule has 0 aliphatic carbocycles. The fraction of sp³-hybridized carbons (Fsp3) is 0.0968. The minimum atomic E-state index is 0.0326. The number of imidazole rings is 1. The molecule has 10 heteroatoms. The Hall–Kier alpha value is -5.06. The highest BCUT2D eigenvalue weighted by atomic mass is 32.1. The molecule has 6 aromatic heterocycles. The van der Waals surface area contributed by atoms with Gasteiger partial charge >= 0.3 is 0 Å². The monoisotopic (exact) mass is 556 g/mol. The second-order valence-electron chi connectivity index (χ2n) is 9.70. The average Bonchev–Trinajstić information content (AvgIpc) is 3.76. The summed E-state index contributed by atoms with van der Waals surface area (Å²) >= 11 is 1.41. The van der Waals surface area contributed by atoms with Gasteiger partial charge in [-0.3, -0.25) is 19.9 Å². The van der Waals surface area contributed by atoms with Crippen LogP contribution in [0, 0.1) is 0 Å². The number of hydrogen-bond acceptors (Lipinski definition) is 8. The Balaban J connectivity index is 1.19. The number of hydrogen-bond donors (Lipinski definition) is 3. The van der Waals surface area contributed by atoms with Crippen LogP contribution in [-0.4, -0.2) is 40.9 Å². The summed E-state index contributed by atoms with van der Waals surface area (Å²) in [6, 6.07) is 22.0. The fourth-order valence-electron chi connectivity index (χ4n) is 4.78. The summed E-state index contributed by atoms with van der Waals surface area (Å²) in [5.74, 6) is 0.621. The third kappa shape index (κ3) is 4.90.